The number of nitrogens with two attached hydrogens (primary N) is 2. The van der Waals surface area contributed by atoms with E-state index in [-0.39, 0.29) is 11.4 Å². The fourth-order valence-corrected chi connectivity index (χ4v) is 3.66. The number of aryl methyl sites for hydroxylation is 1. The number of nitrogen functional groups attached to an aromatic ring is 1. The van der Waals surface area contributed by atoms with Gasteiger partial charge in [0.2, 0.25) is 15.9 Å². The Morgan fingerprint density at radius 2 is 1.76 bits per heavy atom. The number of anilines is 1. The van der Waals surface area contributed by atoms with Gasteiger partial charge in [0.15, 0.2) is 0 Å². The van der Waals surface area contributed by atoms with Crippen LogP contribution in [0.2, 0.25) is 0 Å². The van der Waals surface area contributed by atoms with Gasteiger partial charge < -0.3 is 11.5 Å². The lowest BCUT2D eigenvalue weighted by Gasteiger charge is -2.22. The molecule has 0 aliphatic carbocycles. The molecule has 0 radical (unpaired) electrons. The smallest absolute Gasteiger partial charge is 0.241 e. The van der Waals surface area contributed by atoms with Crippen LogP contribution in [0.3, 0.4) is 0 Å². The fourth-order valence-electron chi connectivity index (χ4n) is 1.88. The zero-order valence-corrected chi connectivity index (χ0v) is 13.9. The van der Waals surface area contributed by atoms with E-state index < -0.39 is 21.3 Å². The Hall–Kier alpha value is -1.60. The number of sulfonamides is 1. The standard InChI is InChI=1S/C14H23N3O3S/c1-8-6-11(15)10(3)12(9(8)2)21(19,20)17-7-14(4,5)13(16)18/h6,17H,7,15H2,1-5H3,(H2,16,18). The van der Waals surface area contributed by atoms with Gasteiger partial charge >= 0.3 is 0 Å². The Kier molecular flexibility index (Phi) is 4.70. The largest absolute Gasteiger partial charge is 0.398 e. The van der Waals surface area contributed by atoms with Gasteiger partial charge in [0.1, 0.15) is 0 Å². The first-order valence-corrected chi connectivity index (χ1v) is 8.04. The molecule has 1 aromatic rings. The second kappa shape index (κ2) is 5.65. The Morgan fingerprint density at radius 1 is 1.24 bits per heavy atom. The van der Waals surface area contributed by atoms with E-state index in [0.29, 0.717) is 16.8 Å². The molecule has 0 aromatic heterocycles. The third kappa shape index (κ3) is 3.54. The number of nitrogens with one attached hydrogen (secondary N) is 1. The van der Waals surface area contributed by atoms with Crippen LogP contribution >= 0.6 is 0 Å². The van der Waals surface area contributed by atoms with Crippen LogP contribution in [0.25, 0.3) is 0 Å². The van der Waals surface area contributed by atoms with E-state index in [1.807, 2.05) is 0 Å². The minimum Gasteiger partial charge on any atom is -0.398 e. The van der Waals surface area contributed by atoms with Crippen molar-refractivity contribution in [3.05, 3.63) is 22.8 Å². The van der Waals surface area contributed by atoms with Crippen LogP contribution in [-0.2, 0) is 14.8 Å². The molecule has 0 fully saturated rings. The molecular weight excluding hydrogens is 290 g/mol. The van der Waals surface area contributed by atoms with Gasteiger partial charge in [-0.05, 0) is 57.4 Å². The molecule has 0 aliphatic rings. The first-order valence-electron chi connectivity index (χ1n) is 6.56. The number of amides is 1. The zero-order chi connectivity index (χ0) is 16.6. The molecule has 118 valence electrons. The Balaban J connectivity index is 3.25. The SMILES string of the molecule is Cc1cc(N)c(C)c(S(=O)(=O)NCC(C)(C)C(N)=O)c1C. The van der Waals surface area contributed by atoms with Crippen molar-refractivity contribution in [3.8, 4) is 0 Å². The number of primary amides is 1. The van der Waals surface area contributed by atoms with Crippen molar-refractivity contribution in [1.29, 1.82) is 0 Å². The van der Waals surface area contributed by atoms with E-state index in [1.165, 1.54) is 0 Å². The molecule has 0 spiro atoms. The zero-order valence-electron chi connectivity index (χ0n) is 13.1. The second-order valence-corrected chi connectivity index (χ2v) is 7.64. The molecule has 5 N–H and O–H groups in total. The molecule has 21 heavy (non-hydrogen) atoms. The van der Waals surface area contributed by atoms with Crippen molar-refractivity contribution in [3.63, 3.8) is 0 Å². The molecule has 0 saturated carbocycles. The molecule has 0 saturated heterocycles. The van der Waals surface area contributed by atoms with Crippen LogP contribution in [0.4, 0.5) is 5.69 Å². The maximum atomic E-state index is 12.5. The van der Waals surface area contributed by atoms with Gasteiger partial charge in [-0.25, -0.2) is 13.1 Å². The van der Waals surface area contributed by atoms with Crippen molar-refractivity contribution in [2.75, 3.05) is 12.3 Å². The van der Waals surface area contributed by atoms with Crippen molar-refractivity contribution in [2.45, 2.75) is 39.5 Å². The third-order valence-electron chi connectivity index (χ3n) is 3.72. The lowest BCUT2D eigenvalue weighted by atomic mass is 9.93. The predicted octanol–water partition coefficient (Wildman–Crippen LogP) is 0.984. The number of carbonyl (C=O) groups is 1. The summed E-state index contributed by atoms with van der Waals surface area (Å²) in [6, 6.07) is 1.75. The molecule has 1 amide bonds. The molecule has 0 aliphatic heterocycles. The van der Waals surface area contributed by atoms with E-state index in [9.17, 15) is 13.2 Å². The third-order valence-corrected chi connectivity index (χ3v) is 5.39. The summed E-state index contributed by atoms with van der Waals surface area (Å²) in [6.07, 6.45) is 0. The molecule has 6 nitrogen and oxygen atoms in total. The van der Waals surface area contributed by atoms with Gasteiger partial charge in [-0.3, -0.25) is 4.79 Å². The molecule has 0 unspecified atom stereocenters. The topological polar surface area (TPSA) is 115 Å². The van der Waals surface area contributed by atoms with Crippen molar-refractivity contribution in [1.82, 2.24) is 4.72 Å². The van der Waals surface area contributed by atoms with Gasteiger partial charge in [-0.15, -0.1) is 0 Å². The van der Waals surface area contributed by atoms with Crippen molar-refractivity contribution >= 4 is 21.6 Å². The number of rotatable bonds is 5. The van der Waals surface area contributed by atoms with Gasteiger partial charge in [-0.1, -0.05) is 0 Å². The van der Waals surface area contributed by atoms with Crippen LogP contribution in [0.5, 0.6) is 0 Å². The van der Waals surface area contributed by atoms with Crippen molar-refractivity contribution in [2.24, 2.45) is 11.1 Å². The quantitative estimate of drug-likeness (QED) is 0.703. The van der Waals surface area contributed by atoms with Gasteiger partial charge in [0, 0.05) is 12.2 Å². The number of carbonyl (C=O) groups excluding carboxylic acids is 1. The van der Waals surface area contributed by atoms with E-state index >= 15 is 0 Å². The monoisotopic (exact) mass is 313 g/mol. The highest BCUT2D eigenvalue weighted by Gasteiger charge is 2.29. The summed E-state index contributed by atoms with van der Waals surface area (Å²) < 4.78 is 27.5. The summed E-state index contributed by atoms with van der Waals surface area (Å²) in [7, 11) is -3.77. The van der Waals surface area contributed by atoms with Gasteiger partial charge in [-0.2, -0.15) is 0 Å². The molecule has 7 heteroatoms. The maximum absolute atomic E-state index is 12.5. The Bertz CT molecular complexity index is 653. The van der Waals surface area contributed by atoms with Crippen molar-refractivity contribution < 1.29 is 13.2 Å². The minimum atomic E-state index is -3.77. The number of benzene rings is 1. The van der Waals surface area contributed by atoms with Crippen LogP contribution in [-0.4, -0.2) is 20.9 Å². The Morgan fingerprint density at radius 3 is 2.24 bits per heavy atom. The predicted molar refractivity (Wildman–Crippen MR) is 83.2 cm³/mol. The van der Waals surface area contributed by atoms with Crippen LogP contribution in [0, 0.1) is 26.2 Å². The minimum absolute atomic E-state index is 0.0720. The number of hydrogen-bond acceptors (Lipinski definition) is 4. The highest BCUT2D eigenvalue weighted by molar-refractivity contribution is 7.89. The van der Waals surface area contributed by atoms with Gasteiger partial charge in [0.05, 0.1) is 10.3 Å². The van der Waals surface area contributed by atoms with Crippen LogP contribution in [0.15, 0.2) is 11.0 Å². The lowest BCUT2D eigenvalue weighted by molar-refractivity contribution is -0.125. The van der Waals surface area contributed by atoms with E-state index in [1.54, 1.807) is 40.7 Å². The molecular formula is C14H23N3O3S. The molecule has 1 rings (SSSR count). The van der Waals surface area contributed by atoms with E-state index in [4.69, 9.17) is 11.5 Å². The summed E-state index contributed by atoms with van der Waals surface area (Å²) in [5.41, 5.74) is 12.5. The molecule has 0 heterocycles. The summed E-state index contributed by atoms with van der Waals surface area (Å²) in [5, 5.41) is 0. The lowest BCUT2D eigenvalue weighted by Crippen LogP contribution is -2.42. The first-order chi connectivity index (χ1) is 9.40. The first kappa shape index (κ1) is 17.5. The van der Waals surface area contributed by atoms with Crippen LogP contribution < -0.4 is 16.2 Å². The van der Waals surface area contributed by atoms with Crippen LogP contribution in [0.1, 0.15) is 30.5 Å². The average molecular weight is 313 g/mol. The van der Waals surface area contributed by atoms with E-state index in [0.717, 1.165) is 5.56 Å². The Labute approximate surface area is 126 Å². The van der Waals surface area contributed by atoms with Gasteiger partial charge in [0.25, 0.3) is 0 Å². The number of hydrogen-bond donors (Lipinski definition) is 3. The summed E-state index contributed by atoms with van der Waals surface area (Å²) in [6.45, 7) is 8.30. The summed E-state index contributed by atoms with van der Waals surface area (Å²) in [4.78, 5) is 11.5. The molecule has 1 aromatic carbocycles. The van der Waals surface area contributed by atoms with E-state index in [2.05, 4.69) is 4.72 Å². The average Bonchev–Trinajstić information content (AvgIpc) is 2.34. The maximum Gasteiger partial charge on any atom is 0.241 e. The second-order valence-electron chi connectivity index (χ2n) is 5.93. The summed E-state index contributed by atoms with van der Waals surface area (Å²) >= 11 is 0. The normalized spacial score (nSPS) is 12.4. The highest BCUT2D eigenvalue weighted by Crippen LogP contribution is 2.28. The highest BCUT2D eigenvalue weighted by atomic mass is 32.2. The molecule has 0 bridgehead atoms. The fraction of sp³-hybridized carbons (Fsp3) is 0.500. The molecule has 0 atom stereocenters. The summed E-state index contributed by atoms with van der Waals surface area (Å²) in [5.74, 6) is -0.567.